The van der Waals surface area contributed by atoms with Gasteiger partial charge in [0.1, 0.15) is 4.90 Å². The van der Waals surface area contributed by atoms with E-state index in [4.69, 9.17) is 23.2 Å². The lowest BCUT2D eigenvalue weighted by molar-refractivity contribution is 0.259. The van der Waals surface area contributed by atoms with Gasteiger partial charge in [0, 0.05) is 5.02 Å². The molecule has 0 radical (unpaired) electrons. The second-order valence-corrected chi connectivity index (χ2v) is 6.87. The van der Waals surface area contributed by atoms with Crippen LogP contribution < -0.4 is 4.72 Å². The van der Waals surface area contributed by atoms with E-state index in [2.05, 4.69) is 4.72 Å². The quantitative estimate of drug-likeness (QED) is 0.875. The van der Waals surface area contributed by atoms with Gasteiger partial charge in [-0.25, -0.2) is 13.1 Å². The van der Waals surface area contributed by atoms with E-state index in [0.717, 1.165) is 0 Å². The van der Waals surface area contributed by atoms with Gasteiger partial charge in [0.25, 0.3) is 0 Å². The molecule has 21 heavy (non-hydrogen) atoms. The third kappa shape index (κ3) is 3.96. The lowest BCUT2D eigenvalue weighted by Gasteiger charge is -2.17. The van der Waals surface area contributed by atoms with Crippen LogP contribution in [0.5, 0.6) is 0 Å². The van der Waals surface area contributed by atoms with E-state index < -0.39 is 16.1 Å². The van der Waals surface area contributed by atoms with Gasteiger partial charge in [0.15, 0.2) is 0 Å². The standard InChI is InChI=1S/C14H13Cl2NO3S/c15-11-6-7-12(16)14(8-11)21(19,20)17-13(9-18)10-4-2-1-3-5-10/h1-8,13,17-18H,9H2/t13-/m0/s1. The molecule has 0 heterocycles. The largest absolute Gasteiger partial charge is 0.394 e. The molecule has 0 spiro atoms. The lowest BCUT2D eigenvalue weighted by Crippen LogP contribution is -2.31. The van der Waals surface area contributed by atoms with Crippen molar-refractivity contribution in [3.63, 3.8) is 0 Å². The molecule has 2 aromatic carbocycles. The summed E-state index contributed by atoms with van der Waals surface area (Å²) in [4.78, 5) is -0.119. The van der Waals surface area contributed by atoms with E-state index in [1.165, 1.54) is 18.2 Å². The highest BCUT2D eigenvalue weighted by Crippen LogP contribution is 2.26. The van der Waals surface area contributed by atoms with Gasteiger partial charge in [-0.05, 0) is 23.8 Å². The number of aliphatic hydroxyl groups excluding tert-OH is 1. The summed E-state index contributed by atoms with van der Waals surface area (Å²) in [5.74, 6) is 0. The fourth-order valence-corrected chi connectivity index (χ4v) is 3.81. The molecule has 112 valence electrons. The summed E-state index contributed by atoms with van der Waals surface area (Å²) >= 11 is 11.7. The number of nitrogens with one attached hydrogen (secondary N) is 1. The number of aliphatic hydroxyl groups is 1. The van der Waals surface area contributed by atoms with Gasteiger partial charge in [-0.15, -0.1) is 0 Å². The molecule has 0 fully saturated rings. The Morgan fingerprint density at radius 3 is 2.38 bits per heavy atom. The Morgan fingerprint density at radius 1 is 1.10 bits per heavy atom. The highest BCUT2D eigenvalue weighted by atomic mass is 35.5. The van der Waals surface area contributed by atoms with E-state index in [1.54, 1.807) is 30.3 Å². The monoisotopic (exact) mass is 345 g/mol. The van der Waals surface area contributed by atoms with Gasteiger partial charge in [0.2, 0.25) is 10.0 Å². The molecule has 0 aliphatic rings. The molecule has 2 aromatic rings. The zero-order valence-electron chi connectivity index (χ0n) is 10.8. The molecule has 0 aliphatic heterocycles. The van der Waals surface area contributed by atoms with Crippen LogP contribution in [0.3, 0.4) is 0 Å². The Labute approximate surface area is 133 Å². The molecule has 0 saturated heterocycles. The number of sulfonamides is 1. The van der Waals surface area contributed by atoms with Crippen molar-refractivity contribution in [2.45, 2.75) is 10.9 Å². The predicted molar refractivity (Wildman–Crippen MR) is 83.1 cm³/mol. The van der Waals surface area contributed by atoms with Gasteiger partial charge in [-0.2, -0.15) is 0 Å². The molecular formula is C14H13Cl2NO3S. The third-order valence-electron chi connectivity index (χ3n) is 2.86. The fraction of sp³-hybridized carbons (Fsp3) is 0.143. The molecule has 2 N–H and O–H groups in total. The molecule has 0 aliphatic carbocycles. The van der Waals surface area contributed by atoms with Crippen LogP contribution >= 0.6 is 23.2 Å². The maximum atomic E-state index is 12.4. The highest BCUT2D eigenvalue weighted by molar-refractivity contribution is 7.89. The zero-order chi connectivity index (χ0) is 15.5. The van der Waals surface area contributed by atoms with Crippen molar-refractivity contribution in [2.24, 2.45) is 0 Å². The Hall–Kier alpha value is -1.11. The van der Waals surface area contributed by atoms with Crippen LogP contribution in [0.4, 0.5) is 0 Å². The van der Waals surface area contributed by atoms with Gasteiger partial charge in [-0.3, -0.25) is 0 Å². The van der Waals surface area contributed by atoms with Crippen molar-refractivity contribution < 1.29 is 13.5 Å². The van der Waals surface area contributed by atoms with Gasteiger partial charge in [0.05, 0.1) is 17.7 Å². The average Bonchev–Trinajstić information content (AvgIpc) is 2.48. The Kier molecular flexibility index (Phi) is 5.24. The summed E-state index contributed by atoms with van der Waals surface area (Å²) in [5, 5.41) is 9.76. The minimum atomic E-state index is -3.90. The van der Waals surface area contributed by atoms with Crippen molar-refractivity contribution >= 4 is 33.2 Å². The second-order valence-electron chi connectivity index (χ2n) is 4.34. The van der Waals surface area contributed by atoms with E-state index >= 15 is 0 Å². The topological polar surface area (TPSA) is 66.4 Å². The first-order chi connectivity index (χ1) is 9.94. The van der Waals surface area contributed by atoms with Crippen molar-refractivity contribution in [3.8, 4) is 0 Å². The molecule has 0 amide bonds. The van der Waals surface area contributed by atoms with E-state index in [9.17, 15) is 13.5 Å². The molecule has 0 unspecified atom stereocenters. The summed E-state index contributed by atoms with van der Waals surface area (Å²) in [7, 11) is -3.90. The van der Waals surface area contributed by atoms with Crippen molar-refractivity contribution in [1.82, 2.24) is 4.72 Å². The maximum Gasteiger partial charge on any atom is 0.242 e. The first kappa shape index (κ1) is 16.3. The number of halogens is 2. The van der Waals surface area contributed by atoms with Crippen LogP contribution in [-0.2, 0) is 10.0 Å². The predicted octanol–water partition coefficient (Wildman–Crippen LogP) is 3.01. The first-order valence-corrected chi connectivity index (χ1v) is 8.31. The summed E-state index contributed by atoms with van der Waals surface area (Å²) in [6.07, 6.45) is 0. The Morgan fingerprint density at radius 2 is 1.76 bits per heavy atom. The summed E-state index contributed by atoms with van der Waals surface area (Å²) in [5.41, 5.74) is 0.654. The normalized spacial score (nSPS) is 13.1. The molecule has 1 atom stereocenters. The molecule has 0 saturated carbocycles. The summed E-state index contributed by atoms with van der Waals surface area (Å²) < 4.78 is 27.2. The van der Waals surface area contributed by atoms with E-state index in [1.807, 2.05) is 0 Å². The minimum absolute atomic E-state index is 0.0663. The number of hydrogen-bond acceptors (Lipinski definition) is 3. The van der Waals surface area contributed by atoms with Crippen LogP contribution in [0.1, 0.15) is 11.6 Å². The van der Waals surface area contributed by atoms with Crippen LogP contribution in [0.25, 0.3) is 0 Å². The van der Waals surface area contributed by atoms with Crippen LogP contribution in [0.15, 0.2) is 53.4 Å². The number of rotatable bonds is 5. The smallest absolute Gasteiger partial charge is 0.242 e. The van der Waals surface area contributed by atoms with Crippen LogP contribution in [0, 0.1) is 0 Å². The summed E-state index contributed by atoms with van der Waals surface area (Å²) in [6, 6.07) is 12.2. The van der Waals surface area contributed by atoms with Crippen LogP contribution in [-0.4, -0.2) is 20.1 Å². The van der Waals surface area contributed by atoms with Crippen molar-refractivity contribution in [3.05, 3.63) is 64.1 Å². The molecule has 7 heteroatoms. The SMILES string of the molecule is O=S(=O)(N[C@@H](CO)c1ccccc1)c1cc(Cl)ccc1Cl. The Balaban J connectivity index is 2.34. The molecule has 0 bridgehead atoms. The first-order valence-electron chi connectivity index (χ1n) is 6.07. The van der Waals surface area contributed by atoms with Gasteiger partial charge < -0.3 is 5.11 Å². The second kappa shape index (κ2) is 6.77. The highest BCUT2D eigenvalue weighted by Gasteiger charge is 2.23. The van der Waals surface area contributed by atoms with E-state index in [0.29, 0.717) is 5.56 Å². The molecule has 2 rings (SSSR count). The zero-order valence-corrected chi connectivity index (χ0v) is 13.2. The van der Waals surface area contributed by atoms with Crippen molar-refractivity contribution in [1.29, 1.82) is 0 Å². The average molecular weight is 346 g/mol. The fourth-order valence-electron chi connectivity index (χ4n) is 1.83. The number of hydrogen-bond donors (Lipinski definition) is 2. The van der Waals surface area contributed by atoms with Gasteiger partial charge in [-0.1, -0.05) is 53.5 Å². The summed E-state index contributed by atoms with van der Waals surface area (Å²) in [6.45, 7) is -0.374. The van der Waals surface area contributed by atoms with Crippen LogP contribution in [0.2, 0.25) is 10.0 Å². The molecular weight excluding hydrogens is 333 g/mol. The third-order valence-corrected chi connectivity index (χ3v) is 5.05. The maximum absolute atomic E-state index is 12.4. The lowest BCUT2D eigenvalue weighted by atomic mass is 10.1. The minimum Gasteiger partial charge on any atom is -0.394 e. The number of benzene rings is 2. The molecule has 4 nitrogen and oxygen atoms in total. The van der Waals surface area contributed by atoms with Gasteiger partial charge >= 0.3 is 0 Å². The van der Waals surface area contributed by atoms with Crippen molar-refractivity contribution in [2.75, 3.05) is 6.61 Å². The molecule has 0 aromatic heterocycles. The Bertz CT molecular complexity index is 720. The van der Waals surface area contributed by atoms with E-state index in [-0.39, 0.29) is 21.5 Å².